The van der Waals surface area contributed by atoms with E-state index >= 15 is 0 Å². The second kappa shape index (κ2) is 7.87. The van der Waals surface area contributed by atoms with Crippen LogP contribution in [0.5, 0.6) is 5.75 Å². The topological polar surface area (TPSA) is 67.8 Å². The van der Waals surface area contributed by atoms with E-state index in [0.29, 0.717) is 17.9 Å². The van der Waals surface area contributed by atoms with Crippen molar-refractivity contribution in [2.75, 3.05) is 20.3 Å². The van der Waals surface area contributed by atoms with E-state index in [1.165, 1.54) is 7.11 Å². The van der Waals surface area contributed by atoms with Crippen LogP contribution in [0.3, 0.4) is 0 Å². The smallest absolute Gasteiger partial charge is 0.329 e. The van der Waals surface area contributed by atoms with Crippen molar-refractivity contribution in [2.45, 2.75) is 32.4 Å². The van der Waals surface area contributed by atoms with Crippen LogP contribution in [0.25, 0.3) is 0 Å². The average Bonchev–Trinajstić information content (AvgIpc) is 2.50. The number of benzene rings is 1. The molecule has 1 aromatic carbocycles. The molecular weight excluding hydrogens is 258 g/mol. The molecule has 0 spiro atoms. The number of methoxy groups -OCH3 is 1. The van der Waals surface area contributed by atoms with Crippen molar-refractivity contribution in [3.63, 3.8) is 0 Å². The van der Waals surface area contributed by atoms with Gasteiger partial charge in [-0.25, -0.2) is 4.79 Å². The van der Waals surface area contributed by atoms with Gasteiger partial charge in [0.25, 0.3) is 0 Å². The molecule has 20 heavy (non-hydrogen) atoms. The number of hydrogen-bond donors (Lipinski definition) is 2. The number of para-hydroxylation sites is 1. The van der Waals surface area contributed by atoms with Gasteiger partial charge in [0.1, 0.15) is 17.9 Å². The molecule has 2 N–H and O–H groups in total. The van der Waals surface area contributed by atoms with E-state index in [1.807, 2.05) is 19.1 Å². The minimum atomic E-state index is -0.909. The number of aliphatic hydroxyl groups is 1. The average molecular weight is 281 g/mol. The monoisotopic (exact) mass is 281 g/mol. The summed E-state index contributed by atoms with van der Waals surface area (Å²) in [5.41, 5.74) is -0.219. The Hall–Kier alpha value is -1.59. The van der Waals surface area contributed by atoms with Crippen molar-refractivity contribution in [3.05, 3.63) is 29.8 Å². The van der Waals surface area contributed by atoms with Crippen LogP contribution in [-0.2, 0) is 16.1 Å². The van der Waals surface area contributed by atoms with Gasteiger partial charge in [0, 0.05) is 5.56 Å². The van der Waals surface area contributed by atoms with Crippen LogP contribution < -0.4 is 10.1 Å². The Labute approximate surface area is 119 Å². The molecule has 0 saturated heterocycles. The van der Waals surface area contributed by atoms with Gasteiger partial charge in [-0.1, -0.05) is 25.1 Å². The van der Waals surface area contributed by atoms with Gasteiger partial charge in [0.2, 0.25) is 0 Å². The first kappa shape index (κ1) is 16.5. The molecule has 112 valence electrons. The number of nitrogens with one attached hydrogen (secondary N) is 1. The van der Waals surface area contributed by atoms with Crippen molar-refractivity contribution in [2.24, 2.45) is 0 Å². The maximum atomic E-state index is 11.9. The predicted octanol–water partition coefficient (Wildman–Crippen LogP) is 1.49. The molecule has 0 aliphatic rings. The molecule has 1 unspecified atom stereocenters. The first-order valence-corrected chi connectivity index (χ1v) is 6.72. The summed E-state index contributed by atoms with van der Waals surface area (Å²) in [5, 5.41) is 12.4. The van der Waals surface area contributed by atoms with Gasteiger partial charge < -0.3 is 14.6 Å². The van der Waals surface area contributed by atoms with E-state index in [4.69, 9.17) is 9.47 Å². The highest BCUT2D eigenvalue weighted by atomic mass is 16.5. The number of esters is 1. The number of aliphatic hydroxyl groups excluding tert-OH is 1. The summed E-state index contributed by atoms with van der Waals surface area (Å²) >= 11 is 0. The van der Waals surface area contributed by atoms with E-state index in [9.17, 15) is 9.90 Å². The number of hydrogen-bond acceptors (Lipinski definition) is 5. The molecule has 0 aromatic heterocycles. The fourth-order valence-corrected chi connectivity index (χ4v) is 1.81. The zero-order valence-electron chi connectivity index (χ0n) is 12.3. The molecule has 0 heterocycles. The predicted molar refractivity (Wildman–Crippen MR) is 76.6 cm³/mol. The summed E-state index contributed by atoms with van der Waals surface area (Å²) in [6.07, 6.45) is 0.903. The van der Waals surface area contributed by atoms with Gasteiger partial charge in [-0.3, -0.25) is 5.32 Å². The molecule has 1 atom stereocenters. The lowest BCUT2D eigenvalue weighted by atomic mass is 10.0. The Bertz CT molecular complexity index is 436. The lowest BCUT2D eigenvalue weighted by molar-refractivity contribution is -0.149. The summed E-state index contributed by atoms with van der Waals surface area (Å²) in [5.74, 6) is 0.204. The number of rotatable bonds is 8. The Kier molecular flexibility index (Phi) is 6.48. The first-order valence-electron chi connectivity index (χ1n) is 6.72. The summed E-state index contributed by atoms with van der Waals surface area (Å²) in [6, 6.07) is 7.20. The Morgan fingerprint density at radius 2 is 2.10 bits per heavy atom. The molecule has 0 amide bonds. The van der Waals surface area contributed by atoms with Gasteiger partial charge in [-0.2, -0.15) is 0 Å². The van der Waals surface area contributed by atoms with Crippen LogP contribution in [0.4, 0.5) is 0 Å². The van der Waals surface area contributed by atoms with Crippen molar-refractivity contribution in [3.8, 4) is 5.75 Å². The van der Waals surface area contributed by atoms with Crippen molar-refractivity contribution in [1.29, 1.82) is 0 Å². The van der Waals surface area contributed by atoms with Crippen molar-refractivity contribution < 1.29 is 19.4 Å². The molecule has 5 nitrogen and oxygen atoms in total. The molecule has 0 saturated carbocycles. The number of carbonyl (C=O) groups is 1. The largest absolute Gasteiger partial charge is 0.491 e. The molecule has 0 aliphatic heterocycles. The molecule has 0 aliphatic carbocycles. The fraction of sp³-hybridized carbons (Fsp3) is 0.533. The van der Waals surface area contributed by atoms with E-state index in [1.54, 1.807) is 19.1 Å². The third-order valence-electron chi connectivity index (χ3n) is 3.06. The lowest BCUT2D eigenvalue weighted by Crippen LogP contribution is -2.54. The van der Waals surface area contributed by atoms with E-state index in [-0.39, 0.29) is 19.2 Å². The highest BCUT2D eigenvalue weighted by Crippen LogP contribution is 2.19. The van der Waals surface area contributed by atoms with Gasteiger partial charge in [-0.05, 0) is 26.0 Å². The van der Waals surface area contributed by atoms with Gasteiger partial charge >= 0.3 is 5.97 Å². The molecule has 0 bridgehead atoms. The highest BCUT2D eigenvalue weighted by molar-refractivity contribution is 5.80. The quantitative estimate of drug-likeness (QED) is 0.707. The fourth-order valence-electron chi connectivity index (χ4n) is 1.81. The first-order chi connectivity index (χ1) is 9.57. The standard InChI is InChI=1S/C15H23NO4/c1-4-9-16-15(2,14(18)19-3)11-20-13-8-6-5-7-12(13)10-17/h5-8,16-17H,4,9-11H2,1-3H3. The number of ether oxygens (including phenoxy) is 2. The van der Waals surface area contributed by atoms with Gasteiger partial charge in [-0.15, -0.1) is 0 Å². The normalized spacial score (nSPS) is 13.6. The van der Waals surface area contributed by atoms with Gasteiger partial charge in [0.15, 0.2) is 0 Å². The van der Waals surface area contributed by atoms with Crippen LogP contribution >= 0.6 is 0 Å². The Morgan fingerprint density at radius 1 is 1.40 bits per heavy atom. The van der Waals surface area contributed by atoms with E-state index < -0.39 is 5.54 Å². The van der Waals surface area contributed by atoms with Crippen LogP contribution in [0.15, 0.2) is 24.3 Å². The van der Waals surface area contributed by atoms with Crippen LogP contribution in [-0.4, -0.2) is 36.9 Å². The highest BCUT2D eigenvalue weighted by Gasteiger charge is 2.34. The molecule has 0 radical (unpaired) electrons. The molecule has 5 heteroatoms. The van der Waals surface area contributed by atoms with Crippen molar-refractivity contribution >= 4 is 5.97 Å². The third kappa shape index (κ3) is 4.21. The maximum Gasteiger partial charge on any atom is 0.329 e. The molecular formula is C15H23NO4. The Morgan fingerprint density at radius 3 is 2.70 bits per heavy atom. The molecule has 0 fully saturated rings. The summed E-state index contributed by atoms with van der Waals surface area (Å²) in [4.78, 5) is 11.9. The number of carbonyl (C=O) groups excluding carboxylic acids is 1. The van der Waals surface area contributed by atoms with E-state index in [2.05, 4.69) is 5.32 Å². The molecule has 1 rings (SSSR count). The van der Waals surface area contributed by atoms with Crippen LogP contribution in [0.2, 0.25) is 0 Å². The van der Waals surface area contributed by atoms with E-state index in [0.717, 1.165) is 6.42 Å². The Balaban J connectivity index is 2.78. The zero-order chi connectivity index (χ0) is 15.0. The van der Waals surface area contributed by atoms with Gasteiger partial charge in [0.05, 0.1) is 13.7 Å². The minimum absolute atomic E-state index is 0.104. The lowest BCUT2D eigenvalue weighted by Gasteiger charge is -2.28. The third-order valence-corrected chi connectivity index (χ3v) is 3.06. The zero-order valence-corrected chi connectivity index (χ0v) is 12.3. The summed E-state index contributed by atoms with van der Waals surface area (Å²) in [7, 11) is 1.36. The summed E-state index contributed by atoms with van der Waals surface area (Å²) < 4.78 is 10.5. The second-order valence-electron chi connectivity index (χ2n) is 4.80. The maximum absolute atomic E-state index is 11.9. The van der Waals surface area contributed by atoms with Crippen molar-refractivity contribution in [1.82, 2.24) is 5.32 Å². The minimum Gasteiger partial charge on any atom is -0.491 e. The second-order valence-corrected chi connectivity index (χ2v) is 4.80. The molecule has 1 aromatic rings. The SMILES string of the molecule is CCCNC(C)(COc1ccccc1CO)C(=O)OC. The summed E-state index contributed by atoms with van der Waals surface area (Å²) in [6.45, 7) is 4.49. The van der Waals surface area contributed by atoms with Crippen LogP contribution in [0.1, 0.15) is 25.8 Å². The van der Waals surface area contributed by atoms with Crippen LogP contribution in [0, 0.1) is 0 Å².